The summed E-state index contributed by atoms with van der Waals surface area (Å²) < 4.78 is 17.8. The lowest BCUT2D eigenvalue weighted by Gasteiger charge is -2.31. The fraction of sp³-hybridized carbons (Fsp3) is 0.684. The summed E-state index contributed by atoms with van der Waals surface area (Å²) in [5.74, 6) is -0.0305. The highest BCUT2D eigenvalue weighted by atomic mass is 16.5. The Morgan fingerprint density at radius 2 is 1.85 bits per heavy atom. The molecule has 1 aliphatic rings. The number of carbonyl (C=O) groups is 1. The summed E-state index contributed by atoms with van der Waals surface area (Å²) in [6, 6.07) is 0.355. The van der Waals surface area contributed by atoms with Gasteiger partial charge in [0.25, 0.3) is 0 Å². The Labute approximate surface area is 155 Å². The number of hydrogen-bond donors (Lipinski definition) is 0. The molecule has 0 radical (unpaired) electrons. The van der Waals surface area contributed by atoms with Gasteiger partial charge in [-0.2, -0.15) is 5.10 Å². The van der Waals surface area contributed by atoms with Crippen LogP contribution in [0.5, 0.6) is 0 Å². The van der Waals surface area contributed by atoms with Gasteiger partial charge in [-0.25, -0.2) is 0 Å². The Morgan fingerprint density at radius 1 is 1.19 bits per heavy atom. The number of aromatic nitrogens is 2. The van der Waals surface area contributed by atoms with E-state index in [2.05, 4.69) is 16.6 Å². The van der Waals surface area contributed by atoms with E-state index in [4.69, 9.17) is 14.2 Å². The van der Waals surface area contributed by atoms with Crippen molar-refractivity contribution in [1.82, 2.24) is 14.7 Å². The van der Waals surface area contributed by atoms with Crippen molar-refractivity contribution in [2.75, 3.05) is 59.8 Å². The van der Waals surface area contributed by atoms with E-state index in [-0.39, 0.29) is 5.78 Å². The third-order valence-electron chi connectivity index (χ3n) is 4.54. The Hall–Kier alpha value is -1.54. The number of hydrogen-bond acceptors (Lipinski definition) is 6. The molecule has 26 heavy (non-hydrogen) atoms. The van der Waals surface area contributed by atoms with Crippen molar-refractivity contribution in [1.29, 1.82) is 0 Å². The standard InChI is InChI=1S/C19H31N3O4/c1-16(2)19(23)17-14-20-22(15-17)18-4-6-21(7-5-18)8-9-25-12-13-26-11-10-24-3/h14-15,18H,1,4-13H2,2-3H3. The molecular formula is C19H31N3O4. The number of rotatable bonds is 12. The van der Waals surface area contributed by atoms with Crippen molar-refractivity contribution >= 4 is 5.78 Å². The van der Waals surface area contributed by atoms with Gasteiger partial charge in [0.2, 0.25) is 0 Å². The smallest absolute Gasteiger partial charge is 0.191 e. The molecule has 0 N–H and O–H groups in total. The predicted molar refractivity (Wildman–Crippen MR) is 99.6 cm³/mol. The van der Waals surface area contributed by atoms with Crippen molar-refractivity contribution in [3.05, 3.63) is 30.1 Å². The molecular weight excluding hydrogens is 334 g/mol. The molecule has 1 aromatic rings. The molecule has 0 aliphatic carbocycles. The summed E-state index contributed by atoms with van der Waals surface area (Å²) in [5, 5.41) is 4.37. The maximum atomic E-state index is 11.9. The average molecular weight is 365 g/mol. The molecule has 0 saturated carbocycles. The van der Waals surface area contributed by atoms with E-state index in [1.165, 1.54) is 0 Å². The first-order chi connectivity index (χ1) is 12.6. The highest BCUT2D eigenvalue weighted by Crippen LogP contribution is 2.22. The van der Waals surface area contributed by atoms with Gasteiger partial charge in [-0.15, -0.1) is 0 Å². The van der Waals surface area contributed by atoms with Crippen LogP contribution in [-0.4, -0.2) is 80.2 Å². The third-order valence-corrected chi connectivity index (χ3v) is 4.54. The molecule has 0 aromatic carbocycles. The topological polar surface area (TPSA) is 65.8 Å². The minimum Gasteiger partial charge on any atom is -0.382 e. The van der Waals surface area contributed by atoms with Crippen LogP contribution in [0.25, 0.3) is 0 Å². The van der Waals surface area contributed by atoms with Crippen molar-refractivity contribution in [2.45, 2.75) is 25.8 Å². The Kier molecular flexibility index (Phi) is 8.97. The summed E-state index contributed by atoms with van der Waals surface area (Å²) in [6.07, 6.45) is 5.56. The molecule has 1 aromatic heterocycles. The molecule has 2 rings (SSSR count). The highest BCUT2D eigenvalue weighted by molar-refractivity contribution is 6.07. The molecule has 0 spiro atoms. The first-order valence-electron chi connectivity index (χ1n) is 9.23. The molecule has 146 valence electrons. The van der Waals surface area contributed by atoms with E-state index in [0.717, 1.165) is 39.1 Å². The normalized spacial score (nSPS) is 16.1. The quantitative estimate of drug-likeness (QED) is 0.320. The molecule has 7 heteroatoms. The highest BCUT2D eigenvalue weighted by Gasteiger charge is 2.21. The molecule has 0 amide bonds. The van der Waals surface area contributed by atoms with Crippen LogP contribution in [0.1, 0.15) is 36.2 Å². The molecule has 7 nitrogen and oxygen atoms in total. The number of nitrogens with zero attached hydrogens (tertiary/aromatic N) is 3. The Bertz CT molecular complexity index is 565. The number of ketones is 1. The lowest BCUT2D eigenvalue weighted by molar-refractivity contribution is 0.0173. The van der Waals surface area contributed by atoms with Crippen LogP contribution in [0.15, 0.2) is 24.5 Å². The zero-order chi connectivity index (χ0) is 18.8. The maximum Gasteiger partial charge on any atom is 0.191 e. The van der Waals surface area contributed by atoms with Crippen LogP contribution in [0, 0.1) is 0 Å². The number of allylic oxidation sites excluding steroid dienone is 1. The minimum atomic E-state index is -0.0305. The van der Waals surface area contributed by atoms with Gasteiger partial charge in [-0.1, -0.05) is 6.58 Å². The van der Waals surface area contributed by atoms with Gasteiger partial charge in [0, 0.05) is 32.9 Å². The third kappa shape index (κ3) is 6.64. The van der Waals surface area contributed by atoms with Gasteiger partial charge in [0.05, 0.1) is 50.8 Å². The molecule has 0 bridgehead atoms. The SMILES string of the molecule is C=C(C)C(=O)c1cnn(C2CCN(CCOCCOCCOC)CC2)c1. The Morgan fingerprint density at radius 3 is 2.50 bits per heavy atom. The van der Waals surface area contributed by atoms with Crippen molar-refractivity contribution in [2.24, 2.45) is 0 Å². The monoisotopic (exact) mass is 365 g/mol. The number of methoxy groups -OCH3 is 1. The number of carbonyl (C=O) groups excluding carboxylic acids is 1. The lowest BCUT2D eigenvalue weighted by Crippen LogP contribution is -2.37. The van der Waals surface area contributed by atoms with Gasteiger partial charge >= 0.3 is 0 Å². The fourth-order valence-corrected chi connectivity index (χ4v) is 2.97. The van der Waals surface area contributed by atoms with Crippen molar-refractivity contribution in [3.63, 3.8) is 0 Å². The van der Waals surface area contributed by atoms with Crippen LogP contribution in [0.2, 0.25) is 0 Å². The van der Waals surface area contributed by atoms with Crippen LogP contribution >= 0.6 is 0 Å². The summed E-state index contributed by atoms with van der Waals surface area (Å²) >= 11 is 0. The van der Waals surface area contributed by atoms with E-state index in [0.29, 0.717) is 43.6 Å². The van der Waals surface area contributed by atoms with E-state index < -0.39 is 0 Å². The van der Waals surface area contributed by atoms with Crippen molar-refractivity contribution in [3.8, 4) is 0 Å². The zero-order valence-electron chi connectivity index (χ0n) is 16.0. The number of Topliss-reactive ketones (excluding diaryl/α,β-unsaturated/α-hetero) is 1. The maximum absolute atomic E-state index is 11.9. The molecule has 0 unspecified atom stereocenters. The zero-order valence-corrected chi connectivity index (χ0v) is 16.0. The van der Waals surface area contributed by atoms with Crippen LogP contribution < -0.4 is 0 Å². The first kappa shape index (κ1) is 20.8. The van der Waals surface area contributed by atoms with Gasteiger partial charge in [0.1, 0.15) is 0 Å². The van der Waals surface area contributed by atoms with Gasteiger partial charge in [0.15, 0.2) is 5.78 Å². The lowest BCUT2D eigenvalue weighted by atomic mass is 10.1. The van der Waals surface area contributed by atoms with Crippen LogP contribution in [-0.2, 0) is 14.2 Å². The second-order valence-electron chi connectivity index (χ2n) is 6.61. The molecule has 1 saturated heterocycles. The fourth-order valence-electron chi connectivity index (χ4n) is 2.97. The average Bonchev–Trinajstić information content (AvgIpc) is 3.13. The van der Waals surface area contributed by atoms with E-state index in [1.54, 1.807) is 20.2 Å². The summed E-state index contributed by atoms with van der Waals surface area (Å²) in [7, 11) is 1.66. The minimum absolute atomic E-state index is 0.0305. The van der Waals surface area contributed by atoms with Gasteiger partial charge in [-0.05, 0) is 25.3 Å². The summed E-state index contributed by atoms with van der Waals surface area (Å²) in [5.41, 5.74) is 1.17. The second-order valence-corrected chi connectivity index (χ2v) is 6.61. The van der Waals surface area contributed by atoms with Crippen LogP contribution in [0.4, 0.5) is 0 Å². The summed E-state index contributed by atoms with van der Waals surface area (Å²) in [4.78, 5) is 14.4. The molecule has 2 heterocycles. The van der Waals surface area contributed by atoms with Crippen molar-refractivity contribution < 1.29 is 19.0 Å². The Balaban J connectivity index is 1.60. The van der Waals surface area contributed by atoms with Crippen LogP contribution in [0.3, 0.4) is 0 Å². The van der Waals surface area contributed by atoms with E-state index in [1.807, 2.05) is 10.9 Å². The summed E-state index contributed by atoms with van der Waals surface area (Å²) in [6.45, 7) is 11.6. The predicted octanol–water partition coefficient (Wildman–Crippen LogP) is 1.96. The number of piperidine rings is 1. The van der Waals surface area contributed by atoms with Gasteiger partial charge < -0.3 is 19.1 Å². The van der Waals surface area contributed by atoms with E-state index in [9.17, 15) is 4.79 Å². The largest absolute Gasteiger partial charge is 0.382 e. The van der Waals surface area contributed by atoms with Gasteiger partial charge in [-0.3, -0.25) is 9.48 Å². The number of ether oxygens (including phenoxy) is 3. The van der Waals surface area contributed by atoms with E-state index >= 15 is 0 Å². The molecule has 1 fully saturated rings. The first-order valence-corrected chi connectivity index (χ1v) is 9.23. The second kappa shape index (κ2) is 11.2. The molecule has 0 atom stereocenters. The number of likely N-dealkylation sites (tertiary alicyclic amines) is 1. The molecule has 1 aliphatic heterocycles.